The van der Waals surface area contributed by atoms with Crippen molar-refractivity contribution in [3.05, 3.63) is 12.7 Å². The van der Waals surface area contributed by atoms with Gasteiger partial charge in [-0.05, 0) is 6.26 Å². The van der Waals surface area contributed by atoms with E-state index in [1.165, 1.54) is 0 Å². The standard InChI is InChI=1S/C4H8S.C2H4O2/c1-3-4-5-2;1-2(3)4/h3H,1,4H2,2H3;1H3,(H,3,4). The normalized spacial score (nSPS) is 6.89. The van der Waals surface area contributed by atoms with Crippen molar-refractivity contribution in [3.8, 4) is 0 Å². The Bertz CT molecular complexity index is 77.1. The van der Waals surface area contributed by atoms with Crippen LogP contribution in [0.15, 0.2) is 12.7 Å². The fourth-order valence-electron chi connectivity index (χ4n) is 0.118. The summed E-state index contributed by atoms with van der Waals surface area (Å²) in [5.41, 5.74) is 0. The minimum atomic E-state index is -0.833. The average Bonchev–Trinajstić information content (AvgIpc) is 1.66. The Labute approximate surface area is 60.0 Å². The highest BCUT2D eigenvalue weighted by Gasteiger charge is 1.65. The van der Waals surface area contributed by atoms with Crippen LogP contribution in [0.3, 0.4) is 0 Å². The minimum absolute atomic E-state index is 0.833. The van der Waals surface area contributed by atoms with E-state index in [9.17, 15) is 0 Å². The Morgan fingerprint density at radius 1 is 1.89 bits per heavy atom. The van der Waals surface area contributed by atoms with Gasteiger partial charge in [0.2, 0.25) is 0 Å². The Hall–Kier alpha value is -0.440. The number of hydrogen-bond donors (Lipinski definition) is 1. The van der Waals surface area contributed by atoms with Gasteiger partial charge in [-0.1, -0.05) is 6.08 Å². The molecule has 0 aromatic heterocycles. The summed E-state index contributed by atoms with van der Waals surface area (Å²) in [4.78, 5) is 9.00. The van der Waals surface area contributed by atoms with E-state index < -0.39 is 5.97 Å². The number of carboxylic acid groups (broad SMARTS) is 1. The summed E-state index contributed by atoms with van der Waals surface area (Å²) < 4.78 is 0. The van der Waals surface area contributed by atoms with Crippen molar-refractivity contribution < 1.29 is 9.90 Å². The van der Waals surface area contributed by atoms with Crippen LogP contribution < -0.4 is 0 Å². The third-order valence-corrected chi connectivity index (χ3v) is 0.854. The van der Waals surface area contributed by atoms with Crippen molar-refractivity contribution in [1.29, 1.82) is 0 Å². The molecule has 0 aliphatic heterocycles. The fourth-order valence-corrected chi connectivity index (χ4v) is 0.354. The first-order valence-corrected chi connectivity index (χ1v) is 3.83. The Morgan fingerprint density at radius 2 is 2.22 bits per heavy atom. The highest BCUT2D eigenvalue weighted by atomic mass is 32.2. The molecule has 0 radical (unpaired) electrons. The van der Waals surface area contributed by atoms with Gasteiger partial charge in [0, 0.05) is 12.7 Å². The predicted molar refractivity (Wildman–Crippen MR) is 41.9 cm³/mol. The lowest BCUT2D eigenvalue weighted by atomic mass is 10.8. The maximum absolute atomic E-state index is 9.00. The topological polar surface area (TPSA) is 37.3 Å². The van der Waals surface area contributed by atoms with Gasteiger partial charge in [0.05, 0.1) is 0 Å². The van der Waals surface area contributed by atoms with Gasteiger partial charge in [-0.2, -0.15) is 11.8 Å². The second-order valence-electron chi connectivity index (χ2n) is 1.26. The van der Waals surface area contributed by atoms with Crippen molar-refractivity contribution in [2.75, 3.05) is 12.0 Å². The molecule has 2 nitrogen and oxygen atoms in total. The van der Waals surface area contributed by atoms with Crippen molar-refractivity contribution >= 4 is 17.7 Å². The summed E-state index contributed by atoms with van der Waals surface area (Å²) in [6.45, 7) is 4.61. The molecule has 0 saturated carbocycles. The predicted octanol–water partition coefficient (Wildman–Crippen LogP) is 1.63. The van der Waals surface area contributed by atoms with Gasteiger partial charge in [0.15, 0.2) is 0 Å². The average molecular weight is 148 g/mol. The van der Waals surface area contributed by atoms with E-state index >= 15 is 0 Å². The van der Waals surface area contributed by atoms with Gasteiger partial charge in [-0.15, -0.1) is 6.58 Å². The van der Waals surface area contributed by atoms with Crippen LogP contribution in [0.25, 0.3) is 0 Å². The van der Waals surface area contributed by atoms with Crippen molar-refractivity contribution in [1.82, 2.24) is 0 Å². The molecule has 0 amide bonds. The second kappa shape index (κ2) is 10.5. The number of carboxylic acids is 1. The van der Waals surface area contributed by atoms with E-state index in [-0.39, 0.29) is 0 Å². The van der Waals surface area contributed by atoms with Crippen LogP contribution >= 0.6 is 11.8 Å². The molecule has 0 aromatic rings. The Balaban J connectivity index is 0. The molecule has 0 atom stereocenters. The van der Waals surface area contributed by atoms with Crippen LogP contribution in [0.5, 0.6) is 0 Å². The number of thioether (sulfide) groups is 1. The number of aliphatic carboxylic acids is 1. The Kier molecular flexibility index (Phi) is 13.3. The molecule has 0 saturated heterocycles. The van der Waals surface area contributed by atoms with Crippen LogP contribution in [0.1, 0.15) is 6.92 Å². The zero-order valence-corrected chi connectivity index (χ0v) is 6.57. The molecular formula is C6H12O2S. The monoisotopic (exact) mass is 148 g/mol. The van der Waals surface area contributed by atoms with E-state index in [0.717, 1.165) is 12.7 Å². The third-order valence-electron chi connectivity index (χ3n) is 0.285. The first-order valence-electron chi connectivity index (χ1n) is 2.44. The van der Waals surface area contributed by atoms with Crippen LogP contribution in [-0.2, 0) is 4.79 Å². The van der Waals surface area contributed by atoms with Gasteiger partial charge in [-0.3, -0.25) is 4.79 Å². The van der Waals surface area contributed by atoms with E-state index in [4.69, 9.17) is 9.90 Å². The van der Waals surface area contributed by atoms with Gasteiger partial charge >= 0.3 is 0 Å². The van der Waals surface area contributed by atoms with Gasteiger partial charge < -0.3 is 5.11 Å². The Morgan fingerprint density at radius 3 is 2.22 bits per heavy atom. The summed E-state index contributed by atoms with van der Waals surface area (Å²) in [5.74, 6) is 0.236. The van der Waals surface area contributed by atoms with Crippen LogP contribution in [0.2, 0.25) is 0 Å². The summed E-state index contributed by atoms with van der Waals surface area (Å²) in [6.07, 6.45) is 3.95. The first-order chi connectivity index (χ1) is 4.15. The molecule has 0 bridgehead atoms. The zero-order chi connectivity index (χ0) is 7.70. The fraction of sp³-hybridized carbons (Fsp3) is 0.500. The SMILES string of the molecule is C=CCSC.CC(=O)O. The molecule has 0 unspecified atom stereocenters. The maximum Gasteiger partial charge on any atom is 0.300 e. The molecule has 0 aromatic carbocycles. The highest BCUT2D eigenvalue weighted by molar-refractivity contribution is 7.98. The largest absolute Gasteiger partial charge is 0.481 e. The van der Waals surface area contributed by atoms with Crippen LogP contribution in [0.4, 0.5) is 0 Å². The molecule has 3 heteroatoms. The molecule has 9 heavy (non-hydrogen) atoms. The molecule has 54 valence electrons. The highest BCUT2D eigenvalue weighted by Crippen LogP contribution is 1.87. The molecular weight excluding hydrogens is 136 g/mol. The lowest BCUT2D eigenvalue weighted by Gasteiger charge is -1.74. The summed E-state index contributed by atoms with van der Waals surface area (Å²) >= 11 is 1.78. The molecule has 0 heterocycles. The quantitative estimate of drug-likeness (QED) is 0.605. The molecule has 0 aliphatic rings. The van der Waals surface area contributed by atoms with Gasteiger partial charge in [0.25, 0.3) is 5.97 Å². The molecule has 0 fully saturated rings. The van der Waals surface area contributed by atoms with E-state index in [0.29, 0.717) is 0 Å². The minimum Gasteiger partial charge on any atom is -0.481 e. The van der Waals surface area contributed by atoms with E-state index in [1.807, 2.05) is 6.08 Å². The van der Waals surface area contributed by atoms with Gasteiger partial charge in [-0.25, -0.2) is 0 Å². The smallest absolute Gasteiger partial charge is 0.300 e. The van der Waals surface area contributed by atoms with Gasteiger partial charge in [0.1, 0.15) is 0 Å². The molecule has 0 spiro atoms. The first kappa shape index (κ1) is 11.4. The lowest BCUT2D eigenvalue weighted by molar-refractivity contribution is -0.134. The number of rotatable bonds is 2. The van der Waals surface area contributed by atoms with Crippen molar-refractivity contribution in [3.63, 3.8) is 0 Å². The third kappa shape index (κ3) is 96.0. The lowest BCUT2D eigenvalue weighted by Crippen LogP contribution is -1.78. The summed E-state index contributed by atoms with van der Waals surface area (Å²) in [6, 6.07) is 0. The van der Waals surface area contributed by atoms with Crippen LogP contribution in [0, 0.1) is 0 Å². The number of carbonyl (C=O) groups is 1. The number of hydrogen-bond acceptors (Lipinski definition) is 2. The van der Waals surface area contributed by atoms with Crippen molar-refractivity contribution in [2.24, 2.45) is 0 Å². The van der Waals surface area contributed by atoms with Crippen molar-refractivity contribution in [2.45, 2.75) is 6.92 Å². The molecule has 0 rings (SSSR count). The summed E-state index contributed by atoms with van der Waals surface area (Å²) in [5, 5.41) is 7.42. The molecule has 0 aliphatic carbocycles. The molecule has 1 N–H and O–H groups in total. The summed E-state index contributed by atoms with van der Waals surface area (Å²) in [7, 11) is 0. The second-order valence-corrected chi connectivity index (χ2v) is 2.17. The zero-order valence-electron chi connectivity index (χ0n) is 5.76. The van der Waals surface area contributed by atoms with E-state index in [1.54, 1.807) is 11.8 Å². The van der Waals surface area contributed by atoms with E-state index in [2.05, 4.69) is 12.8 Å². The maximum atomic E-state index is 9.00. The van der Waals surface area contributed by atoms with Crippen LogP contribution in [-0.4, -0.2) is 23.1 Å².